The number of benzene rings is 1. The van der Waals surface area contributed by atoms with Crippen molar-refractivity contribution in [3.05, 3.63) is 29.6 Å². The summed E-state index contributed by atoms with van der Waals surface area (Å²) in [4.78, 5) is 2.34. The Morgan fingerprint density at radius 3 is 2.89 bits per heavy atom. The highest BCUT2D eigenvalue weighted by Crippen LogP contribution is 2.26. The van der Waals surface area contributed by atoms with Gasteiger partial charge in [0.2, 0.25) is 0 Å². The minimum absolute atomic E-state index is 0.295. The number of nitrogens with two attached hydrogens (primary N) is 1. The molecule has 3 nitrogen and oxygen atoms in total. The Morgan fingerprint density at radius 2 is 2.28 bits per heavy atom. The SMILES string of the molecule is COc1ccc(CN2CCC(C)C2CN)cc1F. The molecule has 2 rings (SSSR count). The Bertz CT molecular complexity index is 411. The Balaban J connectivity index is 2.07. The molecule has 1 aromatic rings. The molecule has 18 heavy (non-hydrogen) atoms. The summed E-state index contributed by atoms with van der Waals surface area (Å²) in [7, 11) is 1.48. The maximum Gasteiger partial charge on any atom is 0.165 e. The maximum absolute atomic E-state index is 13.6. The summed E-state index contributed by atoms with van der Waals surface area (Å²) < 4.78 is 18.5. The van der Waals surface area contributed by atoms with Crippen molar-refractivity contribution in [1.82, 2.24) is 4.90 Å². The third-order valence-electron chi connectivity index (χ3n) is 3.84. The third-order valence-corrected chi connectivity index (χ3v) is 3.84. The van der Waals surface area contributed by atoms with E-state index in [1.165, 1.54) is 13.5 Å². The number of halogens is 1. The minimum atomic E-state index is -0.299. The van der Waals surface area contributed by atoms with Crippen LogP contribution in [0, 0.1) is 11.7 Å². The zero-order valence-electron chi connectivity index (χ0n) is 11.0. The van der Waals surface area contributed by atoms with Crippen molar-refractivity contribution < 1.29 is 9.13 Å². The lowest BCUT2D eigenvalue weighted by atomic mass is 10.0. The highest BCUT2D eigenvalue weighted by Gasteiger charge is 2.29. The lowest BCUT2D eigenvalue weighted by Crippen LogP contribution is -2.37. The van der Waals surface area contributed by atoms with Gasteiger partial charge in [0.25, 0.3) is 0 Å². The molecule has 1 aliphatic rings. The Kier molecular flexibility index (Phi) is 4.19. The molecule has 0 bridgehead atoms. The van der Waals surface area contributed by atoms with E-state index < -0.39 is 0 Å². The summed E-state index contributed by atoms with van der Waals surface area (Å²) in [5.41, 5.74) is 6.78. The fourth-order valence-electron chi connectivity index (χ4n) is 2.71. The predicted octanol–water partition coefficient (Wildman–Crippen LogP) is 2.00. The second kappa shape index (κ2) is 5.67. The van der Waals surface area contributed by atoms with Crippen LogP contribution in [-0.4, -0.2) is 31.1 Å². The van der Waals surface area contributed by atoms with E-state index in [-0.39, 0.29) is 5.82 Å². The van der Waals surface area contributed by atoms with Crippen LogP contribution in [0.1, 0.15) is 18.9 Å². The van der Waals surface area contributed by atoms with Crippen molar-refractivity contribution in [2.24, 2.45) is 11.7 Å². The van der Waals surface area contributed by atoms with Gasteiger partial charge < -0.3 is 10.5 Å². The topological polar surface area (TPSA) is 38.5 Å². The van der Waals surface area contributed by atoms with Crippen LogP contribution in [0.15, 0.2) is 18.2 Å². The van der Waals surface area contributed by atoms with E-state index in [1.807, 2.05) is 6.07 Å². The molecular formula is C14H21FN2O. The summed E-state index contributed by atoms with van der Waals surface area (Å²) in [5.74, 6) is 0.619. The van der Waals surface area contributed by atoms with Crippen molar-refractivity contribution in [3.63, 3.8) is 0 Å². The van der Waals surface area contributed by atoms with Crippen LogP contribution in [0.5, 0.6) is 5.75 Å². The fraction of sp³-hybridized carbons (Fsp3) is 0.571. The van der Waals surface area contributed by atoms with Crippen LogP contribution < -0.4 is 10.5 Å². The first-order valence-corrected chi connectivity index (χ1v) is 6.42. The minimum Gasteiger partial charge on any atom is -0.494 e. The summed E-state index contributed by atoms with van der Waals surface area (Å²) in [6, 6.07) is 5.56. The summed E-state index contributed by atoms with van der Waals surface area (Å²) in [6.07, 6.45) is 1.17. The van der Waals surface area contributed by atoms with E-state index in [0.717, 1.165) is 18.7 Å². The largest absolute Gasteiger partial charge is 0.494 e. The molecule has 0 aliphatic carbocycles. The molecule has 0 amide bonds. The molecule has 1 saturated heterocycles. The average molecular weight is 252 g/mol. The van der Waals surface area contributed by atoms with Gasteiger partial charge in [0.05, 0.1) is 7.11 Å². The smallest absolute Gasteiger partial charge is 0.165 e. The average Bonchev–Trinajstić information content (AvgIpc) is 2.70. The zero-order valence-corrected chi connectivity index (χ0v) is 11.0. The first-order chi connectivity index (χ1) is 8.65. The fourth-order valence-corrected chi connectivity index (χ4v) is 2.71. The van der Waals surface area contributed by atoms with E-state index in [9.17, 15) is 4.39 Å². The number of likely N-dealkylation sites (tertiary alicyclic amines) is 1. The molecule has 1 heterocycles. The van der Waals surface area contributed by atoms with Crippen LogP contribution in [0.25, 0.3) is 0 Å². The molecule has 2 N–H and O–H groups in total. The molecule has 0 spiro atoms. The third kappa shape index (κ3) is 2.65. The van der Waals surface area contributed by atoms with E-state index in [2.05, 4.69) is 11.8 Å². The second-order valence-electron chi connectivity index (χ2n) is 5.01. The van der Waals surface area contributed by atoms with Crippen molar-refractivity contribution in [3.8, 4) is 5.75 Å². The lowest BCUT2D eigenvalue weighted by Gasteiger charge is -2.25. The Hall–Kier alpha value is -1.13. The summed E-state index contributed by atoms with van der Waals surface area (Å²) in [6.45, 7) is 4.69. The highest BCUT2D eigenvalue weighted by molar-refractivity contribution is 5.29. The van der Waals surface area contributed by atoms with E-state index >= 15 is 0 Å². The van der Waals surface area contributed by atoms with Crippen LogP contribution >= 0.6 is 0 Å². The lowest BCUT2D eigenvalue weighted by molar-refractivity contribution is 0.228. The van der Waals surface area contributed by atoms with E-state index in [4.69, 9.17) is 10.5 Å². The van der Waals surface area contributed by atoms with Gasteiger partial charge in [-0.25, -0.2) is 4.39 Å². The van der Waals surface area contributed by atoms with Gasteiger partial charge in [-0.2, -0.15) is 0 Å². The zero-order chi connectivity index (χ0) is 13.1. The standard InChI is InChI=1S/C14H21FN2O/c1-10-5-6-17(13(10)8-16)9-11-3-4-14(18-2)12(15)7-11/h3-4,7,10,13H,5-6,8-9,16H2,1-2H3. The maximum atomic E-state index is 13.6. The quantitative estimate of drug-likeness (QED) is 0.890. The number of hydrogen-bond acceptors (Lipinski definition) is 3. The molecule has 0 aromatic heterocycles. The Morgan fingerprint density at radius 1 is 1.50 bits per heavy atom. The van der Waals surface area contributed by atoms with Gasteiger partial charge in [-0.15, -0.1) is 0 Å². The Labute approximate surface area is 108 Å². The number of ether oxygens (including phenoxy) is 1. The number of methoxy groups -OCH3 is 1. The molecule has 1 aliphatic heterocycles. The van der Waals surface area contributed by atoms with Crippen LogP contribution in [0.3, 0.4) is 0 Å². The van der Waals surface area contributed by atoms with E-state index in [0.29, 0.717) is 24.3 Å². The normalized spacial score (nSPS) is 24.4. The molecule has 2 atom stereocenters. The van der Waals surface area contributed by atoms with Gasteiger partial charge in [-0.05, 0) is 36.6 Å². The molecule has 2 unspecified atom stereocenters. The first-order valence-electron chi connectivity index (χ1n) is 6.42. The van der Waals surface area contributed by atoms with Gasteiger partial charge in [0.15, 0.2) is 11.6 Å². The van der Waals surface area contributed by atoms with Gasteiger partial charge >= 0.3 is 0 Å². The first kappa shape index (κ1) is 13.3. The van der Waals surface area contributed by atoms with Crippen molar-refractivity contribution in [1.29, 1.82) is 0 Å². The molecule has 1 aromatic carbocycles. The van der Waals surface area contributed by atoms with E-state index in [1.54, 1.807) is 12.1 Å². The van der Waals surface area contributed by atoms with Crippen LogP contribution in [0.2, 0.25) is 0 Å². The molecule has 1 fully saturated rings. The molecule has 4 heteroatoms. The number of hydrogen-bond donors (Lipinski definition) is 1. The van der Waals surface area contributed by atoms with Gasteiger partial charge in [-0.3, -0.25) is 4.90 Å². The molecule has 0 radical (unpaired) electrons. The number of rotatable bonds is 4. The summed E-state index contributed by atoms with van der Waals surface area (Å²) >= 11 is 0. The highest BCUT2D eigenvalue weighted by atomic mass is 19.1. The van der Waals surface area contributed by atoms with Crippen molar-refractivity contribution >= 4 is 0 Å². The van der Waals surface area contributed by atoms with Crippen molar-refractivity contribution in [2.45, 2.75) is 25.9 Å². The molecule has 100 valence electrons. The predicted molar refractivity (Wildman–Crippen MR) is 70.0 cm³/mol. The second-order valence-corrected chi connectivity index (χ2v) is 5.01. The number of nitrogens with zero attached hydrogens (tertiary/aromatic N) is 1. The monoisotopic (exact) mass is 252 g/mol. The van der Waals surface area contributed by atoms with Gasteiger partial charge in [0, 0.05) is 19.1 Å². The van der Waals surface area contributed by atoms with Gasteiger partial charge in [0.1, 0.15) is 0 Å². The van der Waals surface area contributed by atoms with Crippen LogP contribution in [0.4, 0.5) is 4.39 Å². The van der Waals surface area contributed by atoms with Crippen LogP contribution in [-0.2, 0) is 6.54 Å². The van der Waals surface area contributed by atoms with Gasteiger partial charge in [-0.1, -0.05) is 13.0 Å². The molecular weight excluding hydrogens is 231 g/mol. The van der Waals surface area contributed by atoms with Crippen molar-refractivity contribution in [2.75, 3.05) is 20.2 Å². The summed E-state index contributed by atoms with van der Waals surface area (Å²) in [5, 5.41) is 0. The molecule has 0 saturated carbocycles.